The average Bonchev–Trinajstić information content (AvgIpc) is 2.73. The highest BCUT2D eigenvalue weighted by atomic mass is 32.1. The summed E-state index contributed by atoms with van der Waals surface area (Å²) < 4.78 is 14.3. The first-order valence-corrected chi connectivity index (χ1v) is 7.33. The lowest BCUT2D eigenvalue weighted by Crippen LogP contribution is -2.24. The summed E-state index contributed by atoms with van der Waals surface area (Å²) in [4.78, 5) is 4.50. The summed E-state index contributed by atoms with van der Waals surface area (Å²) in [5.74, 6) is -0.158. The molecule has 4 heteroatoms. The molecule has 1 atom stereocenters. The number of rotatable bonds is 4. The summed E-state index contributed by atoms with van der Waals surface area (Å²) in [5.41, 5.74) is 3.52. The van der Waals surface area contributed by atoms with E-state index in [1.165, 1.54) is 0 Å². The van der Waals surface area contributed by atoms with Crippen LogP contribution in [-0.4, -0.2) is 11.5 Å². The van der Waals surface area contributed by atoms with Gasteiger partial charge in [0.1, 0.15) is 5.82 Å². The van der Waals surface area contributed by atoms with Crippen LogP contribution in [-0.2, 0) is 0 Å². The molecular formula is C15H19FN2S. The third-order valence-electron chi connectivity index (χ3n) is 3.11. The first-order valence-electron chi connectivity index (χ1n) is 6.45. The van der Waals surface area contributed by atoms with Crippen molar-refractivity contribution in [1.29, 1.82) is 0 Å². The molecule has 0 aliphatic heterocycles. The summed E-state index contributed by atoms with van der Waals surface area (Å²) >= 11 is 1.59. The Bertz CT molecular complexity index is 554. The van der Waals surface area contributed by atoms with Gasteiger partial charge in [0.2, 0.25) is 0 Å². The lowest BCUT2D eigenvalue weighted by Gasteiger charge is -2.20. The Balaban J connectivity index is 2.51. The molecule has 19 heavy (non-hydrogen) atoms. The highest BCUT2D eigenvalue weighted by Crippen LogP contribution is 2.29. The molecular weight excluding hydrogens is 259 g/mol. The van der Waals surface area contributed by atoms with Gasteiger partial charge in [0, 0.05) is 10.9 Å². The molecule has 1 heterocycles. The molecule has 0 amide bonds. The fraction of sp³-hybridized carbons (Fsp3) is 0.400. The van der Waals surface area contributed by atoms with E-state index in [9.17, 15) is 4.39 Å². The molecule has 0 aliphatic rings. The van der Waals surface area contributed by atoms with Gasteiger partial charge in [-0.3, -0.25) is 0 Å². The number of halogens is 1. The summed E-state index contributed by atoms with van der Waals surface area (Å²) in [6, 6.07) is 3.43. The largest absolute Gasteiger partial charge is 0.305 e. The molecule has 0 aliphatic carbocycles. The van der Waals surface area contributed by atoms with Crippen LogP contribution in [0, 0.1) is 26.6 Å². The van der Waals surface area contributed by atoms with Crippen molar-refractivity contribution in [3.8, 4) is 0 Å². The summed E-state index contributed by atoms with van der Waals surface area (Å²) in [5, 5.41) is 6.34. The number of nitrogens with one attached hydrogen (secondary N) is 1. The molecule has 102 valence electrons. The maximum atomic E-state index is 14.3. The Morgan fingerprint density at radius 2 is 2.05 bits per heavy atom. The SMILES string of the molecule is CCNC(c1csc(C)n1)c1c(C)cc(C)cc1F. The third kappa shape index (κ3) is 3.01. The number of hydrogen-bond donors (Lipinski definition) is 1. The first-order chi connectivity index (χ1) is 9.02. The maximum absolute atomic E-state index is 14.3. The van der Waals surface area contributed by atoms with Gasteiger partial charge < -0.3 is 5.32 Å². The molecule has 0 fully saturated rings. The van der Waals surface area contributed by atoms with Crippen LogP contribution >= 0.6 is 11.3 Å². The van der Waals surface area contributed by atoms with Crippen LogP contribution in [0.4, 0.5) is 4.39 Å². The summed E-state index contributed by atoms with van der Waals surface area (Å²) in [7, 11) is 0. The standard InChI is InChI=1S/C15H19FN2S/c1-5-17-15(13-8-19-11(4)18-13)14-10(3)6-9(2)7-12(14)16/h6-8,15,17H,5H2,1-4H3. The Labute approximate surface area is 117 Å². The third-order valence-corrected chi connectivity index (χ3v) is 3.90. The number of benzene rings is 1. The van der Waals surface area contributed by atoms with Gasteiger partial charge in [0.25, 0.3) is 0 Å². The van der Waals surface area contributed by atoms with E-state index in [1.807, 2.05) is 39.1 Å². The van der Waals surface area contributed by atoms with Crippen molar-refractivity contribution in [2.75, 3.05) is 6.54 Å². The van der Waals surface area contributed by atoms with E-state index in [-0.39, 0.29) is 11.9 Å². The van der Waals surface area contributed by atoms with Crippen molar-refractivity contribution in [2.24, 2.45) is 0 Å². The predicted molar refractivity (Wildman–Crippen MR) is 78.2 cm³/mol. The van der Waals surface area contributed by atoms with E-state index >= 15 is 0 Å². The minimum Gasteiger partial charge on any atom is -0.305 e. The topological polar surface area (TPSA) is 24.9 Å². The Morgan fingerprint density at radius 3 is 2.58 bits per heavy atom. The minimum absolute atomic E-state index is 0.158. The Hall–Kier alpha value is -1.26. The van der Waals surface area contributed by atoms with Gasteiger partial charge in [-0.25, -0.2) is 9.37 Å². The fourth-order valence-corrected chi connectivity index (χ4v) is 3.00. The molecule has 1 unspecified atom stereocenters. The maximum Gasteiger partial charge on any atom is 0.128 e. The molecule has 0 bridgehead atoms. The molecule has 2 aromatic rings. The van der Waals surface area contributed by atoms with Gasteiger partial charge in [0.15, 0.2) is 0 Å². The second-order valence-electron chi connectivity index (χ2n) is 4.76. The van der Waals surface area contributed by atoms with E-state index in [4.69, 9.17) is 0 Å². The Kier molecular flexibility index (Phi) is 4.32. The number of thiazole rings is 1. The quantitative estimate of drug-likeness (QED) is 0.917. The summed E-state index contributed by atoms with van der Waals surface area (Å²) in [6.45, 7) is 8.63. The molecule has 0 radical (unpaired) electrons. The number of aryl methyl sites for hydroxylation is 3. The second kappa shape index (κ2) is 5.80. The zero-order chi connectivity index (χ0) is 14.0. The van der Waals surface area contributed by atoms with Crippen molar-refractivity contribution >= 4 is 11.3 Å². The van der Waals surface area contributed by atoms with Gasteiger partial charge in [-0.2, -0.15) is 0 Å². The number of hydrogen-bond acceptors (Lipinski definition) is 3. The van der Waals surface area contributed by atoms with Crippen molar-refractivity contribution < 1.29 is 4.39 Å². The Morgan fingerprint density at radius 1 is 1.32 bits per heavy atom. The van der Waals surface area contributed by atoms with Crippen molar-refractivity contribution in [3.63, 3.8) is 0 Å². The zero-order valence-electron chi connectivity index (χ0n) is 11.7. The molecule has 2 rings (SSSR count). The molecule has 0 saturated carbocycles. The van der Waals surface area contributed by atoms with Crippen LogP contribution in [0.3, 0.4) is 0 Å². The molecule has 1 aromatic heterocycles. The van der Waals surface area contributed by atoms with E-state index in [0.717, 1.165) is 28.4 Å². The molecule has 0 spiro atoms. The van der Waals surface area contributed by atoms with E-state index in [1.54, 1.807) is 17.4 Å². The molecule has 1 N–H and O–H groups in total. The van der Waals surface area contributed by atoms with Crippen LogP contribution < -0.4 is 5.32 Å². The highest BCUT2D eigenvalue weighted by Gasteiger charge is 2.21. The van der Waals surface area contributed by atoms with Crippen LogP contribution in [0.1, 0.15) is 40.4 Å². The van der Waals surface area contributed by atoms with Gasteiger partial charge >= 0.3 is 0 Å². The lowest BCUT2D eigenvalue weighted by atomic mass is 9.96. The van der Waals surface area contributed by atoms with Gasteiger partial charge in [-0.15, -0.1) is 11.3 Å². The predicted octanol–water partition coefficient (Wildman–Crippen LogP) is 3.91. The lowest BCUT2D eigenvalue weighted by molar-refractivity contribution is 0.549. The van der Waals surface area contributed by atoms with Crippen molar-refractivity contribution in [1.82, 2.24) is 10.3 Å². The molecule has 1 aromatic carbocycles. The van der Waals surface area contributed by atoms with E-state index in [0.29, 0.717) is 5.56 Å². The fourth-order valence-electron chi connectivity index (χ4n) is 2.36. The number of aromatic nitrogens is 1. The van der Waals surface area contributed by atoms with Crippen molar-refractivity contribution in [2.45, 2.75) is 33.7 Å². The highest BCUT2D eigenvalue weighted by molar-refractivity contribution is 7.09. The van der Waals surface area contributed by atoms with E-state index in [2.05, 4.69) is 10.3 Å². The minimum atomic E-state index is -0.171. The van der Waals surface area contributed by atoms with Crippen LogP contribution in [0.2, 0.25) is 0 Å². The smallest absolute Gasteiger partial charge is 0.128 e. The average molecular weight is 278 g/mol. The molecule has 2 nitrogen and oxygen atoms in total. The van der Waals surface area contributed by atoms with Crippen LogP contribution in [0.25, 0.3) is 0 Å². The van der Waals surface area contributed by atoms with Gasteiger partial charge in [0.05, 0.1) is 16.7 Å². The van der Waals surface area contributed by atoms with Crippen LogP contribution in [0.5, 0.6) is 0 Å². The zero-order valence-corrected chi connectivity index (χ0v) is 12.6. The first kappa shape index (κ1) is 14.2. The summed E-state index contributed by atoms with van der Waals surface area (Å²) in [6.07, 6.45) is 0. The van der Waals surface area contributed by atoms with Crippen molar-refractivity contribution in [3.05, 3.63) is 50.7 Å². The molecule has 0 saturated heterocycles. The second-order valence-corrected chi connectivity index (χ2v) is 5.82. The monoisotopic (exact) mass is 278 g/mol. The van der Waals surface area contributed by atoms with Crippen LogP contribution in [0.15, 0.2) is 17.5 Å². The van der Waals surface area contributed by atoms with Gasteiger partial charge in [-0.05, 0) is 44.5 Å². The van der Waals surface area contributed by atoms with Gasteiger partial charge in [-0.1, -0.05) is 13.0 Å². The van der Waals surface area contributed by atoms with E-state index < -0.39 is 0 Å². The normalized spacial score (nSPS) is 12.7. The number of nitrogens with zero attached hydrogens (tertiary/aromatic N) is 1.